The molecule has 0 amide bonds. The molecule has 0 unspecified atom stereocenters. The monoisotopic (exact) mass is 207 g/mol. The van der Waals surface area contributed by atoms with Crippen molar-refractivity contribution in [3.63, 3.8) is 0 Å². The number of ether oxygens (including phenoxy) is 1. The highest BCUT2D eigenvalue weighted by atomic mass is 19.1. The first-order chi connectivity index (χ1) is 7.27. The molecule has 1 aliphatic carbocycles. The fourth-order valence-electron chi connectivity index (χ4n) is 2.63. The van der Waals surface area contributed by atoms with Crippen LogP contribution >= 0.6 is 0 Å². The lowest BCUT2D eigenvalue weighted by atomic mass is 9.87. The van der Waals surface area contributed by atoms with E-state index in [0.29, 0.717) is 5.75 Å². The maximum absolute atomic E-state index is 13.6. The Labute approximate surface area is 88.4 Å². The Morgan fingerprint density at radius 3 is 2.87 bits per heavy atom. The summed E-state index contributed by atoms with van der Waals surface area (Å²) in [4.78, 5) is 0. The van der Waals surface area contributed by atoms with Gasteiger partial charge < -0.3 is 10.1 Å². The summed E-state index contributed by atoms with van der Waals surface area (Å²) in [5.74, 6) is 0.232. The minimum absolute atomic E-state index is 0.168. The second-order valence-corrected chi connectivity index (χ2v) is 4.50. The van der Waals surface area contributed by atoms with Gasteiger partial charge in [0.15, 0.2) is 11.6 Å². The molecule has 15 heavy (non-hydrogen) atoms. The quantitative estimate of drug-likeness (QED) is 0.760. The lowest BCUT2D eigenvalue weighted by molar-refractivity contribution is 0.368. The topological polar surface area (TPSA) is 21.3 Å². The molecule has 1 aliphatic heterocycles. The molecule has 2 nitrogen and oxygen atoms in total. The minimum atomic E-state index is -0.232. The van der Waals surface area contributed by atoms with E-state index in [0.717, 1.165) is 31.5 Å². The highest BCUT2D eigenvalue weighted by Crippen LogP contribution is 2.54. The zero-order chi connectivity index (χ0) is 10.5. The van der Waals surface area contributed by atoms with Crippen LogP contribution < -0.4 is 10.1 Å². The first kappa shape index (κ1) is 9.16. The smallest absolute Gasteiger partial charge is 0.165 e. The molecular weight excluding hydrogens is 193 g/mol. The van der Waals surface area contributed by atoms with Crippen molar-refractivity contribution >= 4 is 0 Å². The molecule has 3 rings (SSSR count). The average molecular weight is 207 g/mol. The molecule has 1 spiro atoms. The van der Waals surface area contributed by atoms with Gasteiger partial charge in [-0.25, -0.2) is 4.39 Å². The first-order valence-electron chi connectivity index (χ1n) is 5.33. The normalized spacial score (nSPS) is 21.2. The first-order valence-corrected chi connectivity index (χ1v) is 5.33. The number of halogens is 1. The van der Waals surface area contributed by atoms with Gasteiger partial charge in [0.1, 0.15) is 0 Å². The van der Waals surface area contributed by atoms with Gasteiger partial charge in [0.25, 0.3) is 0 Å². The Bertz CT molecular complexity index is 412. The largest absolute Gasteiger partial charge is 0.493 e. The minimum Gasteiger partial charge on any atom is -0.493 e. The number of methoxy groups -OCH3 is 1. The maximum atomic E-state index is 13.6. The van der Waals surface area contributed by atoms with E-state index in [2.05, 4.69) is 5.32 Å². The zero-order valence-electron chi connectivity index (χ0n) is 8.77. The van der Waals surface area contributed by atoms with Crippen LogP contribution in [0.2, 0.25) is 0 Å². The number of rotatable bonds is 1. The summed E-state index contributed by atoms with van der Waals surface area (Å²) < 4.78 is 18.8. The van der Waals surface area contributed by atoms with Crippen LogP contribution in [-0.2, 0) is 12.0 Å². The van der Waals surface area contributed by atoms with Crippen LogP contribution in [-0.4, -0.2) is 13.7 Å². The molecule has 2 aliphatic rings. The molecule has 0 aromatic heterocycles. The Morgan fingerprint density at radius 2 is 2.20 bits per heavy atom. The summed E-state index contributed by atoms with van der Waals surface area (Å²) in [7, 11) is 1.55. The van der Waals surface area contributed by atoms with Gasteiger partial charge in [-0.1, -0.05) is 6.07 Å². The van der Waals surface area contributed by atoms with Gasteiger partial charge in [0.2, 0.25) is 0 Å². The molecule has 80 valence electrons. The molecule has 1 N–H and O–H groups in total. The lowest BCUT2D eigenvalue weighted by Gasteiger charge is -2.28. The molecule has 3 heteroatoms. The summed E-state index contributed by atoms with van der Waals surface area (Å²) in [5, 5.41) is 3.39. The molecule has 0 atom stereocenters. The van der Waals surface area contributed by atoms with Gasteiger partial charge in [-0.05, 0) is 24.5 Å². The average Bonchev–Trinajstić information content (AvgIpc) is 3.00. The van der Waals surface area contributed by atoms with Crippen molar-refractivity contribution in [2.45, 2.75) is 24.8 Å². The standard InChI is InChI=1S/C12H14FNO/c1-15-11-9(13)3-2-8-6-14-7-12(4-5-12)10(8)11/h2-3,14H,4-7H2,1H3. The summed E-state index contributed by atoms with van der Waals surface area (Å²) in [5.41, 5.74) is 2.47. The van der Waals surface area contributed by atoms with E-state index >= 15 is 0 Å². The zero-order valence-corrected chi connectivity index (χ0v) is 8.77. The Kier molecular flexibility index (Phi) is 1.80. The van der Waals surface area contributed by atoms with Crippen molar-refractivity contribution in [2.24, 2.45) is 0 Å². The molecular formula is C12H14FNO. The van der Waals surface area contributed by atoms with Crippen molar-refractivity contribution in [3.05, 3.63) is 29.1 Å². The highest BCUT2D eigenvalue weighted by molar-refractivity contribution is 5.51. The second kappa shape index (κ2) is 2.95. The summed E-state index contributed by atoms with van der Waals surface area (Å²) >= 11 is 0. The molecule has 1 saturated carbocycles. The van der Waals surface area contributed by atoms with E-state index in [4.69, 9.17) is 4.74 Å². The van der Waals surface area contributed by atoms with Crippen molar-refractivity contribution < 1.29 is 9.13 Å². The van der Waals surface area contributed by atoms with Crippen LogP contribution in [0.15, 0.2) is 12.1 Å². The van der Waals surface area contributed by atoms with E-state index in [-0.39, 0.29) is 11.2 Å². The van der Waals surface area contributed by atoms with Gasteiger partial charge in [-0.2, -0.15) is 0 Å². The molecule has 1 aromatic rings. The molecule has 1 heterocycles. The number of nitrogens with one attached hydrogen (secondary N) is 1. The van der Waals surface area contributed by atoms with Crippen LogP contribution in [0.3, 0.4) is 0 Å². The SMILES string of the molecule is COc1c(F)ccc2c1C1(CC1)CNC2. The maximum Gasteiger partial charge on any atom is 0.165 e. The predicted octanol–water partition coefficient (Wildman–Crippen LogP) is 1.97. The van der Waals surface area contributed by atoms with Crippen LogP contribution in [0.25, 0.3) is 0 Å². The van der Waals surface area contributed by atoms with Crippen LogP contribution in [0.1, 0.15) is 24.0 Å². The highest BCUT2D eigenvalue weighted by Gasteiger charge is 2.49. The third kappa shape index (κ3) is 1.19. The summed E-state index contributed by atoms with van der Waals surface area (Å²) in [6.45, 7) is 1.79. The van der Waals surface area contributed by atoms with Crippen LogP contribution in [0.5, 0.6) is 5.75 Å². The molecule has 0 bridgehead atoms. The molecule has 0 saturated heterocycles. The van der Waals surface area contributed by atoms with Gasteiger partial charge >= 0.3 is 0 Å². The third-order valence-electron chi connectivity index (χ3n) is 3.56. The fourth-order valence-corrected chi connectivity index (χ4v) is 2.63. The van der Waals surface area contributed by atoms with E-state index in [1.165, 1.54) is 11.6 Å². The fraction of sp³-hybridized carbons (Fsp3) is 0.500. The van der Waals surface area contributed by atoms with E-state index in [1.54, 1.807) is 7.11 Å². The van der Waals surface area contributed by atoms with Crippen molar-refractivity contribution in [2.75, 3.05) is 13.7 Å². The van der Waals surface area contributed by atoms with Crippen molar-refractivity contribution in [3.8, 4) is 5.75 Å². The van der Waals surface area contributed by atoms with E-state index in [9.17, 15) is 4.39 Å². The molecule has 0 radical (unpaired) electrons. The van der Waals surface area contributed by atoms with Crippen LogP contribution in [0.4, 0.5) is 4.39 Å². The Hall–Kier alpha value is -1.09. The second-order valence-electron chi connectivity index (χ2n) is 4.50. The predicted molar refractivity (Wildman–Crippen MR) is 55.6 cm³/mol. The summed E-state index contributed by atoms with van der Waals surface area (Å²) in [6, 6.07) is 3.38. The van der Waals surface area contributed by atoms with Gasteiger partial charge in [0, 0.05) is 24.1 Å². The number of benzene rings is 1. The van der Waals surface area contributed by atoms with Crippen molar-refractivity contribution in [1.82, 2.24) is 5.32 Å². The summed E-state index contributed by atoms with van der Waals surface area (Å²) in [6.07, 6.45) is 2.29. The van der Waals surface area contributed by atoms with Crippen LogP contribution in [0, 0.1) is 5.82 Å². The molecule has 1 aromatic carbocycles. The Morgan fingerprint density at radius 1 is 1.40 bits per heavy atom. The number of hydrogen-bond acceptors (Lipinski definition) is 2. The van der Waals surface area contributed by atoms with Gasteiger partial charge in [-0.15, -0.1) is 0 Å². The van der Waals surface area contributed by atoms with Crippen molar-refractivity contribution in [1.29, 1.82) is 0 Å². The van der Waals surface area contributed by atoms with Gasteiger partial charge in [0.05, 0.1) is 7.11 Å². The number of hydrogen-bond donors (Lipinski definition) is 1. The number of fused-ring (bicyclic) bond motifs is 2. The Balaban J connectivity index is 2.22. The van der Waals surface area contributed by atoms with Gasteiger partial charge in [-0.3, -0.25) is 0 Å². The third-order valence-corrected chi connectivity index (χ3v) is 3.56. The molecule has 1 fully saturated rings. The van der Waals surface area contributed by atoms with E-state index < -0.39 is 0 Å². The lowest BCUT2D eigenvalue weighted by Crippen LogP contribution is -2.34. The van der Waals surface area contributed by atoms with E-state index in [1.807, 2.05) is 6.07 Å².